The molecule has 0 radical (unpaired) electrons. The molecule has 142 valence electrons. The Balaban J connectivity index is 1.96. The summed E-state index contributed by atoms with van der Waals surface area (Å²) in [5, 5.41) is 10.4. The second-order valence-corrected chi connectivity index (χ2v) is 7.62. The van der Waals surface area contributed by atoms with Crippen molar-refractivity contribution >= 4 is 40.0 Å². The lowest BCUT2D eigenvalue weighted by Gasteiger charge is -2.13. The maximum atomic E-state index is 13.2. The van der Waals surface area contributed by atoms with Gasteiger partial charge in [0.15, 0.2) is 5.16 Å². The molecule has 2 aromatic heterocycles. The van der Waals surface area contributed by atoms with Crippen molar-refractivity contribution in [2.45, 2.75) is 11.7 Å². The van der Waals surface area contributed by atoms with Crippen molar-refractivity contribution in [3.05, 3.63) is 76.1 Å². The molecule has 0 atom stereocenters. The number of halogens is 1. The maximum Gasteiger partial charge on any atom is 0.263 e. The second-order valence-electron chi connectivity index (χ2n) is 6.14. The lowest BCUT2D eigenvalue weighted by atomic mass is 10.2. The van der Waals surface area contributed by atoms with Crippen molar-refractivity contribution in [1.82, 2.24) is 19.2 Å². The van der Waals surface area contributed by atoms with E-state index in [2.05, 4.69) is 16.8 Å². The molecular formula is C20H17ClN4O2S. The molecule has 4 rings (SSSR count). The van der Waals surface area contributed by atoms with E-state index in [-0.39, 0.29) is 5.56 Å². The molecule has 8 heteroatoms. The van der Waals surface area contributed by atoms with Gasteiger partial charge < -0.3 is 4.74 Å². The number of methoxy groups -OCH3 is 1. The zero-order chi connectivity index (χ0) is 19.7. The van der Waals surface area contributed by atoms with Gasteiger partial charge in [0.1, 0.15) is 5.75 Å². The van der Waals surface area contributed by atoms with E-state index in [1.807, 2.05) is 52.9 Å². The number of hydrogen-bond acceptors (Lipinski definition) is 5. The summed E-state index contributed by atoms with van der Waals surface area (Å²) in [6.45, 7) is 4.04. The standard InChI is InChI=1S/C20H17ClN4O2S/c1-13(21)12-28-20-23-22-19-24(11-14-7-3-6-10-17(14)27-2)18(26)15-8-4-5-9-16(15)25(19)20/h3-10H,1,11-12H2,2H3. The average Bonchev–Trinajstić information content (AvgIpc) is 3.14. The van der Waals surface area contributed by atoms with E-state index in [1.165, 1.54) is 11.8 Å². The molecule has 0 aliphatic heterocycles. The van der Waals surface area contributed by atoms with Crippen LogP contribution in [0.4, 0.5) is 0 Å². The summed E-state index contributed by atoms with van der Waals surface area (Å²) in [5.74, 6) is 1.69. The van der Waals surface area contributed by atoms with Crippen LogP contribution in [0.5, 0.6) is 5.75 Å². The smallest absolute Gasteiger partial charge is 0.263 e. The number of ether oxygens (including phenoxy) is 1. The topological polar surface area (TPSA) is 61.4 Å². The Morgan fingerprint density at radius 1 is 1.18 bits per heavy atom. The molecular weight excluding hydrogens is 396 g/mol. The fourth-order valence-corrected chi connectivity index (χ4v) is 3.97. The summed E-state index contributed by atoms with van der Waals surface area (Å²) >= 11 is 7.35. The van der Waals surface area contributed by atoms with Crippen LogP contribution >= 0.6 is 23.4 Å². The third-order valence-electron chi connectivity index (χ3n) is 4.36. The fraction of sp³-hybridized carbons (Fsp3) is 0.150. The van der Waals surface area contributed by atoms with Gasteiger partial charge in [-0.1, -0.05) is 60.3 Å². The summed E-state index contributed by atoms with van der Waals surface area (Å²) in [6.07, 6.45) is 0. The van der Waals surface area contributed by atoms with Gasteiger partial charge in [0, 0.05) is 16.3 Å². The number of hydrogen-bond donors (Lipinski definition) is 0. The van der Waals surface area contributed by atoms with E-state index in [9.17, 15) is 4.79 Å². The first-order valence-electron chi connectivity index (χ1n) is 8.55. The van der Waals surface area contributed by atoms with E-state index in [4.69, 9.17) is 16.3 Å². The third kappa shape index (κ3) is 3.27. The largest absolute Gasteiger partial charge is 0.496 e. The van der Waals surface area contributed by atoms with Gasteiger partial charge in [0.05, 0.1) is 24.6 Å². The van der Waals surface area contributed by atoms with E-state index in [0.29, 0.717) is 39.4 Å². The number of nitrogens with zero attached hydrogens (tertiary/aromatic N) is 4. The predicted molar refractivity (Wildman–Crippen MR) is 113 cm³/mol. The highest BCUT2D eigenvalue weighted by Crippen LogP contribution is 2.25. The second kappa shape index (κ2) is 7.69. The minimum atomic E-state index is -0.125. The van der Waals surface area contributed by atoms with Crippen LogP contribution < -0.4 is 10.3 Å². The molecule has 0 aliphatic carbocycles. The number of para-hydroxylation sites is 2. The Morgan fingerprint density at radius 3 is 2.71 bits per heavy atom. The van der Waals surface area contributed by atoms with Crippen LogP contribution in [0.2, 0.25) is 0 Å². The molecule has 0 unspecified atom stereocenters. The molecule has 0 amide bonds. The van der Waals surface area contributed by atoms with Crippen molar-refractivity contribution < 1.29 is 4.74 Å². The van der Waals surface area contributed by atoms with Gasteiger partial charge in [-0.2, -0.15) is 0 Å². The molecule has 2 aromatic carbocycles. The maximum absolute atomic E-state index is 13.2. The van der Waals surface area contributed by atoms with Gasteiger partial charge in [0.25, 0.3) is 5.56 Å². The van der Waals surface area contributed by atoms with Crippen LogP contribution in [-0.4, -0.2) is 32.0 Å². The minimum absolute atomic E-state index is 0.125. The Kier molecular flexibility index (Phi) is 5.11. The van der Waals surface area contributed by atoms with Crippen LogP contribution in [0.25, 0.3) is 16.7 Å². The van der Waals surface area contributed by atoms with E-state index in [1.54, 1.807) is 11.7 Å². The number of thioether (sulfide) groups is 1. The Labute approximate surface area is 170 Å². The molecule has 0 spiro atoms. The van der Waals surface area contributed by atoms with Crippen LogP contribution in [0.1, 0.15) is 5.56 Å². The van der Waals surface area contributed by atoms with Crippen molar-refractivity contribution in [1.29, 1.82) is 0 Å². The van der Waals surface area contributed by atoms with Crippen LogP contribution in [0, 0.1) is 0 Å². The van der Waals surface area contributed by atoms with E-state index in [0.717, 1.165) is 11.1 Å². The summed E-state index contributed by atoms with van der Waals surface area (Å²) < 4.78 is 8.94. The lowest BCUT2D eigenvalue weighted by Crippen LogP contribution is -2.24. The zero-order valence-electron chi connectivity index (χ0n) is 15.1. The minimum Gasteiger partial charge on any atom is -0.496 e. The van der Waals surface area contributed by atoms with Crippen molar-refractivity contribution in [3.63, 3.8) is 0 Å². The summed E-state index contributed by atoms with van der Waals surface area (Å²) in [5.41, 5.74) is 1.52. The average molecular weight is 413 g/mol. The first-order valence-corrected chi connectivity index (χ1v) is 9.91. The van der Waals surface area contributed by atoms with Crippen LogP contribution in [-0.2, 0) is 6.54 Å². The molecule has 0 aliphatic rings. The van der Waals surface area contributed by atoms with Gasteiger partial charge >= 0.3 is 0 Å². The van der Waals surface area contributed by atoms with E-state index < -0.39 is 0 Å². The van der Waals surface area contributed by atoms with Gasteiger partial charge in [0.2, 0.25) is 5.78 Å². The van der Waals surface area contributed by atoms with E-state index >= 15 is 0 Å². The number of benzene rings is 2. The molecule has 0 saturated carbocycles. The highest BCUT2D eigenvalue weighted by molar-refractivity contribution is 7.99. The first kappa shape index (κ1) is 18.6. The third-order valence-corrected chi connectivity index (χ3v) is 5.66. The monoisotopic (exact) mass is 412 g/mol. The van der Waals surface area contributed by atoms with Gasteiger partial charge in [-0.15, -0.1) is 10.2 Å². The molecule has 0 bridgehead atoms. The van der Waals surface area contributed by atoms with Gasteiger partial charge in [-0.05, 0) is 18.2 Å². The Morgan fingerprint density at radius 2 is 1.93 bits per heavy atom. The molecule has 0 N–H and O–H groups in total. The van der Waals surface area contributed by atoms with Crippen LogP contribution in [0.3, 0.4) is 0 Å². The van der Waals surface area contributed by atoms with Crippen molar-refractivity contribution in [2.24, 2.45) is 0 Å². The van der Waals surface area contributed by atoms with Crippen LogP contribution in [0.15, 0.2) is 70.1 Å². The summed E-state index contributed by atoms with van der Waals surface area (Å²) in [6, 6.07) is 15.0. The SMILES string of the molecule is C=C(Cl)CSc1nnc2n(Cc3ccccc3OC)c(=O)c3ccccc3n12. The molecule has 6 nitrogen and oxygen atoms in total. The first-order chi connectivity index (χ1) is 13.6. The van der Waals surface area contributed by atoms with Gasteiger partial charge in [-0.25, -0.2) is 0 Å². The summed E-state index contributed by atoms with van der Waals surface area (Å²) in [7, 11) is 1.61. The molecule has 0 fully saturated rings. The molecule has 28 heavy (non-hydrogen) atoms. The van der Waals surface area contributed by atoms with Crippen molar-refractivity contribution in [2.75, 3.05) is 12.9 Å². The number of aromatic nitrogens is 4. The Bertz CT molecular complexity index is 1250. The molecule has 2 heterocycles. The zero-order valence-corrected chi connectivity index (χ0v) is 16.7. The highest BCUT2D eigenvalue weighted by atomic mass is 35.5. The Hall–Kier alpha value is -2.77. The predicted octanol–water partition coefficient (Wildman–Crippen LogP) is 3.95. The van der Waals surface area contributed by atoms with Gasteiger partial charge in [-0.3, -0.25) is 13.8 Å². The van der Waals surface area contributed by atoms with Crippen molar-refractivity contribution in [3.8, 4) is 5.75 Å². The lowest BCUT2D eigenvalue weighted by molar-refractivity contribution is 0.408. The molecule has 4 aromatic rings. The fourth-order valence-electron chi connectivity index (χ4n) is 3.12. The quantitative estimate of drug-likeness (QED) is 0.449. The number of fused-ring (bicyclic) bond motifs is 3. The highest BCUT2D eigenvalue weighted by Gasteiger charge is 2.18. The normalized spacial score (nSPS) is 11.2. The summed E-state index contributed by atoms with van der Waals surface area (Å²) in [4.78, 5) is 13.2. The molecule has 0 saturated heterocycles. The number of rotatable bonds is 6.